The van der Waals surface area contributed by atoms with Crippen molar-refractivity contribution in [2.45, 2.75) is 20.1 Å². The lowest BCUT2D eigenvalue weighted by Gasteiger charge is -2.08. The van der Waals surface area contributed by atoms with Gasteiger partial charge in [0.05, 0.1) is 5.69 Å². The summed E-state index contributed by atoms with van der Waals surface area (Å²) in [6.45, 7) is 3.18. The summed E-state index contributed by atoms with van der Waals surface area (Å²) in [4.78, 5) is 0. The molecule has 0 unspecified atom stereocenters. The van der Waals surface area contributed by atoms with Gasteiger partial charge in [0.1, 0.15) is 12.4 Å². The van der Waals surface area contributed by atoms with Crippen LogP contribution in [0.5, 0.6) is 5.75 Å². The first-order chi connectivity index (χ1) is 10.2. The van der Waals surface area contributed by atoms with Gasteiger partial charge in [-0.05, 0) is 36.8 Å². The summed E-state index contributed by atoms with van der Waals surface area (Å²) in [5, 5.41) is 1.21. The normalized spacial score (nSPS) is 11.0. The largest absolute Gasteiger partial charge is 0.487 e. The molecule has 3 nitrogen and oxygen atoms in total. The maximum Gasteiger partial charge on any atom is 0.128 e. The Balaban J connectivity index is 1.87. The van der Waals surface area contributed by atoms with Gasteiger partial charge in [-0.2, -0.15) is 0 Å². The molecule has 3 heteroatoms. The van der Waals surface area contributed by atoms with E-state index >= 15 is 0 Å². The number of ether oxygens (including phenoxy) is 1. The van der Waals surface area contributed by atoms with Crippen LogP contribution in [-0.2, 0) is 20.2 Å². The van der Waals surface area contributed by atoms with Gasteiger partial charge in [0.15, 0.2) is 0 Å². The average molecular weight is 280 g/mol. The van der Waals surface area contributed by atoms with E-state index in [0.29, 0.717) is 13.2 Å². The Bertz CT molecular complexity index is 757. The van der Waals surface area contributed by atoms with Gasteiger partial charge in [-0.15, -0.1) is 0 Å². The molecule has 21 heavy (non-hydrogen) atoms. The van der Waals surface area contributed by atoms with Crippen LogP contribution in [0.4, 0.5) is 0 Å². The number of hydrogen-bond acceptors (Lipinski definition) is 2. The zero-order valence-corrected chi connectivity index (χ0v) is 12.5. The summed E-state index contributed by atoms with van der Waals surface area (Å²) in [7, 11) is 2.07. The van der Waals surface area contributed by atoms with Gasteiger partial charge in [-0.3, -0.25) is 0 Å². The molecule has 0 amide bonds. The predicted octanol–water partition coefficient (Wildman–Crippen LogP) is 3.52. The highest BCUT2D eigenvalue weighted by Crippen LogP contribution is 2.23. The van der Waals surface area contributed by atoms with E-state index in [1.807, 2.05) is 12.1 Å². The quantitative estimate of drug-likeness (QED) is 0.794. The maximum absolute atomic E-state index is 5.88. The van der Waals surface area contributed by atoms with Crippen molar-refractivity contribution >= 4 is 10.9 Å². The van der Waals surface area contributed by atoms with E-state index in [1.54, 1.807) is 0 Å². The Morgan fingerprint density at radius 2 is 1.86 bits per heavy atom. The van der Waals surface area contributed by atoms with Crippen LogP contribution in [0.3, 0.4) is 0 Å². The third kappa shape index (κ3) is 2.65. The Morgan fingerprint density at radius 1 is 1.10 bits per heavy atom. The highest BCUT2D eigenvalue weighted by Gasteiger charge is 2.09. The van der Waals surface area contributed by atoms with Crippen molar-refractivity contribution in [2.75, 3.05) is 0 Å². The summed E-state index contributed by atoms with van der Waals surface area (Å²) in [6, 6.07) is 16.5. The van der Waals surface area contributed by atoms with Crippen LogP contribution in [0.2, 0.25) is 0 Å². The van der Waals surface area contributed by atoms with Gasteiger partial charge in [-0.25, -0.2) is 0 Å². The van der Waals surface area contributed by atoms with Crippen molar-refractivity contribution in [2.24, 2.45) is 12.8 Å². The van der Waals surface area contributed by atoms with Crippen molar-refractivity contribution in [3.05, 3.63) is 65.4 Å². The van der Waals surface area contributed by atoms with Crippen molar-refractivity contribution in [3.63, 3.8) is 0 Å². The Labute approximate surface area is 125 Å². The smallest absolute Gasteiger partial charge is 0.128 e. The molecule has 0 saturated heterocycles. The van der Waals surface area contributed by atoms with Crippen LogP contribution >= 0.6 is 0 Å². The molecule has 2 aromatic carbocycles. The predicted molar refractivity (Wildman–Crippen MR) is 86.3 cm³/mol. The minimum atomic E-state index is 0.554. The number of benzene rings is 2. The molecule has 0 spiro atoms. The molecular formula is C18H20N2O. The number of nitrogens with zero attached hydrogens (tertiary/aromatic N) is 1. The second kappa shape index (κ2) is 5.62. The topological polar surface area (TPSA) is 40.2 Å². The number of aryl methyl sites for hydroxylation is 2. The first kappa shape index (κ1) is 13.7. The standard InChI is InChI=1S/C18H20N2O/c1-13-6-8-16(9-7-13)21-12-15-10-17-14(11-19)4-3-5-18(17)20(15)2/h3-10H,11-12,19H2,1-2H3. The fourth-order valence-electron chi connectivity index (χ4n) is 2.59. The van der Waals surface area contributed by atoms with Gasteiger partial charge in [0, 0.05) is 24.5 Å². The van der Waals surface area contributed by atoms with Crippen LogP contribution in [0.1, 0.15) is 16.8 Å². The molecule has 1 aromatic heterocycles. The van der Waals surface area contributed by atoms with E-state index in [0.717, 1.165) is 11.4 Å². The van der Waals surface area contributed by atoms with E-state index < -0.39 is 0 Å². The second-order valence-corrected chi connectivity index (χ2v) is 5.35. The minimum Gasteiger partial charge on any atom is -0.487 e. The molecule has 0 atom stereocenters. The minimum absolute atomic E-state index is 0.554. The van der Waals surface area contributed by atoms with Gasteiger partial charge in [0.25, 0.3) is 0 Å². The number of fused-ring (bicyclic) bond motifs is 1. The molecular weight excluding hydrogens is 260 g/mol. The number of hydrogen-bond donors (Lipinski definition) is 1. The molecule has 0 fully saturated rings. The molecule has 3 rings (SSSR count). The highest BCUT2D eigenvalue weighted by atomic mass is 16.5. The van der Waals surface area contributed by atoms with E-state index in [2.05, 4.69) is 54.9 Å². The van der Waals surface area contributed by atoms with Gasteiger partial charge >= 0.3 is 0 Å². The summed E-state index contributed by atoms with van der Waals surface area (Å²) in [5.74, 6) is 0.893. The maximum atomic E-state index is 5.88. The molecule has 108 valence electrons. The summed E-state index contributed by atoms with van der Waals surface area (Å²) >= 11 is 0. The molecule has 0 aliphatic carbocycles. The van der Waals surface area contributed by atoms with Crippen molar-refractivity contribution in [1.29, 1.82) is 0 Å². The van der Waals surface area contributed by atoms with Gasteiger partial charge in [0.2, 0.25) is 0 Å². The van der Waals surface area contributed by atoms with Crippen molar-refractivity contribution in [1.82, 2.24) is 4.57 Å². The van der Waals surface area contributed by atoms with E-state index in [4.69, 9.17) is 10.5 Å². The number of rotatable bonds is 4. The lowest BCUT2D eigenvalue weighted by atomic mass is 10.1. The van der Waals surface area contributed by atoms with Crippen molar-refractivity contribution < 1.29 is 4.74 Å². The summed E-state index contributed by atoms with van der Waals surface area (Å²) in [5.41, 5.74) is 10.6. The Morgan fingerprint density at radius 3 is 2.57 bits per heavy atom. The molecule has 0 aliphatic heterocycles. The lowest BCUT2D eigenvalue weighted by molar-refractivity contribution is 0.297. The molecule has 2 N–H and O–H groups in total. The molecule has 0 aliphatic rings. The molecule has 0 saturated carbocycles. The van der Waals surface area contributed by atoms with E-state index in [-0.39, 0.29) is 0 Å². The van der Waals surface area contributed by atoms with Crippen LogP contribution in [0, 0.1) is 6.92 Å². The molecule has 0 radical (unpaired) electrons. The van der Waals surface area contributed by atoms with Crippen LogP contribution in [0.15, 0.2) is 48.5 Å². The first-order valence-corrected chi connectivity index (χ1v) is 7.15. The zero-order chi connectivity index (χ0) is 14.8. The third-order valence-electron chi connectivity index (χ3n) is 3.90. The fourth-order valence-corrected chi connectivity index (χ4v) is 2.59. The monoisotopic (exact) mass is 280 g/mol. The van der Waals surface area contributed by atoms with Crippen molar-refractivity contribution in [3.8, 4) is 5.75 Å². The molecule has 1 heterocycles. The van der Waals surface area contributed by atoms with E-state index in [1.165, 1.54) is 22.0 Å². The number of nitrogens with two attached hydrogens (primary N) is 1. The second-order valence-electron chi connectivity index (χ2n) is 5.35. The molecule has 0 bridgehead atoms. The Kier molecular flexibility index (Phi) is 3.67. The molecule has 3 aromatic rings. The first-order valence-electron chi connectivity index (χ1n) is 7.15. The summed E-state index contributed by atoms with van der Waals surface area (Å²) < 4.78 is 8.05. The highest BCUT2D eigenvalue weighted by molar-refractivity contribution is 5.84. The summed E-state index contributed by atoms with van der Waals surface area (Å²) in [6.07, 6.45) is 0. The van der Waals surface area contributed by atoms with Crippen LogP contribution < -0.4 is 10.5 Å². The lowest BCUT2D eigenvalue weighted by Crippen LogP contribution is -2.01. The average Bonchev–Trinajstić information content (AvgIpc) is 2.83. The number of aromatic nitrogens is 1. The fraction of sp³-hybridized carbons (Fsp3) is 0.222. The SMILES string of the molecule is Cc1ccc(OCc2cc3c(CN)cccc3n2C)cc1. The van der Waals surface area contributed by atoms with Crippen LogP contribution in [0.25, 0.3) is 10.9 Å². The van der Waals surface area contributed by atoms with Crippen LogP contribution in [-0.4, -0.2) is 4.57 Å². The van der Waals surface area contributed by atoms with Gasteiger partial charge in [-0.1, -0.05) is 29.8 Å². The third-order valence-corrected chi connectivity index (χ3v) is 3.90. The Hall–Kier alpha value is -2.26. The van der Waals surface area contributed by atoms with E-state index in [9.17, 15) is 0 Å². The van der Waals surface area contributed by atoms with Gasteiger partial charge < -0.3 is 15.0 Å². The zero-order valence-electron chi connectivity index (χ0n) is 12.5.